The van der Waals surface area contributed by atoms with Crippen molar-refractivity contribution in [2.45, 2.75) is 23.9 Å². The minimum Gasteiger partial charge on any atom is -0.381 e. The summed E-state index contributed by atoms with van der Waals surface area (Å²) in [5.41, 5.74) is 5.86. The molecule has 0 aromatic carbocycles. The molecule has 1 unspecified atom stereocenters. The maximum Gasteiger partial charge on any atom is 0.262 e. The van der Waals surface area contributed by atoms with Crippen molar-refractivity contribution >= 4 is 32.1 Å². The lowest BCUT2D eigenvalue weighted by Crippen LogP contribution is -2.52. The van der Waals surface area contributed by atoms with E-state index < -0.39 is 10.0 Å². The summed E-state index contributed by atoms with van der Waals surface area (Å²) in [6.45, 7) is 2.96. The van der Waals surface area contributed by atoms with Gasteiger partial charge in [0.05, 0.1) is 0 Å². The summed E-state index contributed by atoms with van der Waals surface area (Å²) in [4.78, 5) is 7.14. The van der Waals surface area contributed by atoms with E-state index in [4.69, 9.17) is 5.73 Å². The van der Waals surface area contributed by atoms with E-state index in [9.17, 15) is 8.42 Å². The fraction of sp³-hybridized carbons (Fsp3) is 0.583. The molecular weight excluding hydrogens is 310 g/mol. The second-order valence-corrected chi connectivity index (χ2v) is 8.28. The maximum atomic E-state index is 12.9. The summed E-state index contributed by atoms with van der Waals surface area (Å²) in [7, 11) is -3.60. The van der Waals surface area contributed by atoms with Gasteiger partial charge in [0.15, 0.2) is 15.8 Å². The molecule has 1 atom stereocenters. The van der Waals surface area contributed by atoms with Crippen LogP contribution in [-0.4, -0.2) is 59.2 Å². The van der Waals surface area contributed by atoms with Crippen molar-refractivity contribution in [1.29, 1.82) is 0 Å². The fourth-order valence-electron chi connectivity index (χ4n) is 3.34. The monoisotopic (exact) mass is 327 g/mol. The lowest BCUT2D eigenvalue weighted by atomic mass is 10.2. The van der Waals surface area contributed by atoms with Crippen molar-refractivity contribution < 1.29 is 8.42 Å². The van der Waals surface area contributed by atoms with E-state index in [1.165, 1.54) is 11.3 Å². The lowest BCUT2D eigenvalue weighted by molar-refractivity contribution is 0.158. The molecule has 7 nitrogen and oxygen atoms in total. The average molecular weight is 327 g/mol. The quantitative estimate of drug-likeness (QED) is 0.865. The molecular formula is C12H17N5O2S2. The Morgan fingerprint density at radius 1 is 1.33 bits per heavy atom. The number of nitrogens with two attached hydrogens (primary N) is 1. The van der Waals surface area contributed by atoms with Crippen LogP contribution < -0.4 is 5.73 Å². The number of imidazole rings is 1. The number of aromatic nitrogens is 2. The summed E-state index contributed by atoms with van der Waals surface area (Å²) in [5.74, 6) is 0.0932. The molecule has 0 spiro atoms. The zero-order valence-electron chi connectivity index (χ0n) is 11.5. The molecule has 2 aliphatic heterocycles. The molecule has 2 aromatic heterocycles. The number of rotatable bonds is 2. The predicted octanol–water partition coefficient (Wildman–Crippen LogP) is 0.447. The third kappa shape index (κ3) is 1.99. The van der Waals surface area contributed by atoms with Crippen LogP contribution in [0.5, 0.6) is 0 Å². The van der Waals surface area contributed by atoms with E-state index in [1.807, 2.05) is 5.38 Å². The Hall–Kier alpha value is -1.16. The Morgan fingerprint density at radius 2 is 2.19 bits per heavy atom. The molecule has 9 heteroatoms. The van der Waals surface area contributed by atoms with Crippen LogP contribution in [0, 0.1) is 0 Å². The first kappa shape index (κ1) is 13.5. The van der Waals surface area contributed by atoms with Crippen molar-refractivity contribution in [3.8, 4) is 0 Å². The zero-order chi connectivity index (χ0) is 14.6. The molecule has 21 heavy (non-hydrogen) atoms. The number of hydrogen-bond donors (Lipinski definition) is 1. The van der Waals surface area contributed by atoms with Crippen LogP contribution in [0.2, 0.25) is 0 Å². The van der Waals surface area contributed by atoms with E-state index in [-0.39, 0.29) is 10.8 Å². The molecule has 2 N–H and O–H groups in total. The van der Waals surface area contributed by atoms with E-state index >= 15 is 0 Å². The fourth-order valence-corrected chi connectivity index (χ4v) is 5.76. The molecule has 0 aliphatic carbocycles. The third-order valence-electron chi connectivity index (χ3n) is 4.38. The summed E-state index contributed by atoms with van der Waals surface area (Å²) in [6, 6.07) is 0.348. The summed E-state index contributed by atoms with van der Waals surface area (Å²) >= 11 is 1.38. The minimum atomic E-state index is -3.60. The first-order valence-corrected chi connectivity index (χ1v) is 9.34. The Morgan fingerprint density at radius 3 is 3.05 bits per heavy atom. The van der Waals surface area contributed by atoms with Crippen LogP contribution in [0.25, 0.3) is 4.96 Å². The van der Waals surface area contributed by atoms with E-state index in [1.54, 1.807) is 14.9 Å². The molecule has 0 saturated carbocycles. The average Bonchev–Trinajstić information content (AvgIpc) is 3.11. The van der Waals surface area contributed by atoms with Crippen molar-refractivity contribution in [3.63, 3.8) is 0 Å². The van der Waals surface area contributed by atoms with Gasteiger partial charge in [-0.15, -0.1) is 11.3 Å². The van der Waals surface area contributed by atoms with Crippen LogP contribution in [0.15, 0.2) is 16.6 Å². The van der Waals surface area contributed by atoms with Crippen LogP contribution >= 0.6 is 11.3 Å². The first-order chi connectivity index (χ1) is 10.1. The van der Waals surface area contributed by atoms with Crippen molar-refractivity contribution in [2.75, 3.05) is 31.9 Å². The number of nitrogen functional groups attached to an aromatic ring is 1. The van der Waals surface area contributed by atoms with Gasteiger partial charge in [-0.2, -0.15) is 4.31 Å². The Balaban J connectivity index is 1.73. The Labute approximate surface area is 127 Å². The van der Waals surface area contributed by atoms with Crippen molar-refractivity contribution in [3.05, 3.63) is 11.6 Å². The standard InChI is InChI=1S/C12H17N5O2S2/c13-10-11(17-6-7-20-12(17)14-10)21(18,19)16-5-4-15-3-1-2-9(15)8-16/h6-7,9H,1-5,8,13H2. The largest absolute Gasteiger partial charge is 0.381 e. The number of nitrogens with zero attached hydrogens (tertiary/aromatic N) is 4. The maximum absolute atomic E-state index is 12.9. The van der Waals surface area contributed by atoms with Gasteiger partial charge in [-0.1, -0.05) is 0 Å². The van der Waals surface area contributed by atoms with E-state index in [0.717, 1.165) is 25.9 Å². The Kier molecular flexibility index (Phi) is 3.00. The van der Waals surface area contributed by atoms with Crippen molar-refractivity contribution in [1.82, 2.24) is 18.6 Å². The molecule has 114 valence electrons. The van der Waals surface area contributed by atoms with Gasteiger partial charge < -0.3 is 5.73 Å². The summed E-state index contributed by atoms with van der Waals surface area (Å²) < 4.78 is 29.0. The highest BCUT2D eigenvalue weighted by Gasteiger charge is 2.38. The molecule has 2 aromatic rings. The highest BCUT2D eigenvalue weighted by molar-refractivity contribution is 7.89. The van der Waals surface area contributed by atoms with Gasteiger partial charge in [0, 0.05) is 37.3 Å². The second kappa shape index (κ2) is 4.67. The molecule has 4 heterocycles. The number of thiazole rings is 1. The van der Waals surface area contributed by atoms with E-state index in [0.29, 0.717) is 24.1 Å². The topological polar surface area (TPSA) is 83.9 Å². The molecule has 2 fully saturated rings. The summed E-state index contributed by atoms with van der Waals surface area (Å²) in [6.07, 6.45) is 3.94. The molecule has 0 amide bonds. The number of anilines is 1. The SMILES string of the molecule is Nc1nc2sccn2c1S(=O)(=O)N1CCN2CCCC2C1. The van der Waals surface area contributed by atoms with Gasteiger partial charge in [0.1, 0.15) is 0 Å². The lowest BCUT2D eigenvalue weighted by Gasteiger charge is -2.36. The highest BCUT2D eigenvalue weighted by atomic mass is 32.2. The molecule has 0 bridgehead atoms. The Bertz CT molecular complexity index is 781. The smallest absolute Gasteiger partial charge is 0.262 e. The molecule has 0 radical (unpaired) electrons. The zero-order valence-corrected chi connectivity index (χ0v) is 13.1. The first-order valence-electron chi connectivity index (χ1n) is 7.02. The van der Waals surface area contributed by atoms with Gasteiger partial charge >= 0.3 is 0 Å². The second-order valence-electron chi connectivity index (χ2n) is 5.55. The number of piperazine rings is 1. The van der Waals surface area contributed by atoms with Gasteiger partial charge in [-0.05, 0) is 19.4 Å². The normalized spacial score (nSPS) is 24.7. The van der Waals surface area contributed by atoms with Gasteiger partial charge in [0.2, 0.25) is 0 Å². The minimum absolute atomic E-state index is 0.0932. The van der Waals surface area contributed by atoms with Crippen LogP contribution in [0.3, 0.4) is 0 Å². The number of sulfonamides is 1. The van der Waals surface area contributed by atoms with Crippen molar-refractivity contribution in [2.24, 2.45) is 0 Å². The van der Waals surface area contributed by atoms with Crippen LogP contribution in [-0.2, 0) is 10.0 Å². The number of hydrogen-bond acceptors (Lipinski definition) is 6. The molecule has 2 saturated heterocycles. The van der Waals surface area contributed by atoms with Gasteiger partial charge in [-0.25, -0.2) is 13.4 Å². The van der Waals surface area contributed by atoms with Crippen LogP contribution in [0.4, 0.5) is 5.82 Å². The summed E-state index contributed by atoms with van der Waals surface area (Å²) in [5, 5.41) is 1.93. The highest BCUT2D eigenvalue weighted by Crippen LogP contribution is 2.29. The van der Waals surface area contributed by atoms with E-state index in [2.05, 4.69) is 9.88 Å². The van der Waals surface area contributed by atoms with Gasteiger partial charge in [-0.3, -0.25) is 9.30 Å². The predicted molar refractivity (Wildman–Crippen MR) is 80.8 cm³/mol. The van der Waals surface area contributed by atoms with Gasteiger partial charge in [0.25, 0.3) is 10.0 Å². The molecule has 2 aliphatic rings. The van der Waals surface area contributed by atoms with Crippen LogP contribution in [0.1, 0.15) is 12.8 Å². The third-order valence-corrected chi connectivity index (χ3v) is 7.04. The number of fused-ring (bicyclic) bond motifs is 2. The molecule has 4 rings (SSSR count).